The largest absolute Gasteiger partial charge is 0.471 e. The maximum atomic E-state index is 12.6. The molecular weight excluding hydrogens is 375 g/mol. The summed E-state index contributed by atoms with van der Waals surface area (Å²) in [5, 5.41) is 9.59. The molecule has 28 heavy (non-hydrogen) atoms. The van der Waals surface area contributed by atoms with Gasteiger partial charge in [0.2, 0.25) is 0 Å². The average molecular weight is 401 g/mol. The van der Waals surface area contributed by atoms with Gasteiger partial charge in [-0.1, -0.05) is 12.1 Å². The Kier molecular flexibility index (Phi) is 6.15. The summed E-state index contributed by atoms with van der Waals surface area (Å²) in [4.78, 5) is 27.2. The van der Waals surface area contributed by atoms with Crippen molar-refractivity contribution in [3.05, 3.63) is 29.8 Å². The highest BCUT2D eigenvalue weighted by Gasteiger charge is 2.43. The molecule has 1 N–H and O–H groups in total. The monoisotopic (exact) mass is 401 g/mol. The second-order valence-corrected chi connectivity index (χ2v) is 7.87. The summed E-state index contributed by atoms with van der Waals surface area (Å²) in [6.45, 7) is 7.79. The summed E-state index contributed by atoms with van der Waals surface area (Å²) in [6, 6.07) is 6.93. The lowest BCUT2D eigenvalue weighted by Gasteiger charge is -2.39. The molecule has 0 radical (unpaired) electrons. The smallest absolute Gasteiger partial charge is 0.465 e. The van der Waals surface area contributed by atoms with Crippen molar-refractivity contribution in [2.24, 2.45) is 0 Å². The van der Waals surface area contributed by atoms with Gasteiger partial charge in [0.1, 0.15) is 0 Å². The second kappa shape index (κ2) is 7.89. The second-order valence-electron chi connectivity index (χ2n) is 7.87. The minimum atomic E-state index is -4.86. The molecule has 1 aliphatic heterocycles. The number of anilines is 1. The Bertz CT molecular complexity index is 723. The number of carbonyl (C=O) groups excluding carboxylic acids is 1. The van der Waals surface area contributed by atoms with E-state index in [4.69, 9.17) is 0 Å². The van der Waals surface area contributed by atoms with Crippen molar-refractivity contribution in [2.75, 3.05) is 31.1 Å². The Balaban J connectivity index is 2.14. The van der Waals surface area contributed by atoms with Gasteiger partial charge in [0.15, 0.2) is 0 Å². The van der Waals surface area contributed by atoms with Gasteiger partial charge in [0.25, 0.3) is 0 Å². The molecule has 2 amide bonds. The van der Waals surface area contributed by atoms with Gasteiger partial charge in [-0.2, -0.15) is 13.2 Å². The number of piperazine rings is 1. The van der Waals surface area contributed by atoms with E-state index in [1.807, 2.05) is 43.9 Å². The van der Waals surface area contributed by atoms with Crippen molar-refractivity contribution in [3.8, 4) is 0 Å². The van der Waals surface area contributed by atoms with E-state index < -0.39 is 29.8 Å². The van der Waals surface area contributed by atoms with Gasteiger partial charge in [0, 0.05) is 37.4 Å². The summed E-state index contributed by atoms with van der Waals surface area (Å²) in [5.74, 6) is -1.81. The highest BCUT2D eigenvalue weighted by atomic mass is 19.4. The van der Waals surface area contributed by atoms with Crippen LogP contribution >= 0.6 is 0 Å². The Morgan fingerprint density at radius 2 is 1.68 bits per heavy atom. The van der Waals surface area contributed by atoms with Gasteiger partial charge >= 0.3 is 18.2 Å². The van der Waals surface area contributed by atoms with Crippen LogP contribution in [0.1, 0.15) is 39.3 Å². The number of rotatable bonds is 3. The highest BCUT2D eigenvalue weighted by Crippen LogP contribution is 2.30. The lowest BCUT2D eigenvalue weighted by atomic mass is 9.99. The molecule has 0 unspecified atom stereocenters. The number of amides is 2. The van der Waals surface area contributed by atoms with Crippen LogP contribution in [0.15, 0.2) is 24.3 Å². The first-order valence-electron chi connectivity index (χ1n) is 9.05. The molecule has 0 aromatic heterocycles. The zero-order chi connectivity index (χ0) is 21.3. The summed E-state index contributed by atoms with van der Waals surface area (Å²) >= 11 is 0. The number of alkyl halides is 3. The fourth-order valence-electron chi connectivity index (χ4n) is 3.51. The van der Waals surface area contributed by atoms with Crippen molar-refractivity contribution in [1.82, 2.24) is 9.80 Å². The van der Waals surface area contributed by atoms with Crippen molar-refractivity contribution in [3.63, 3.8) is 0 Å². The van der Waals surface area contributed by atoms with Crippen LogP contribution in [-0.2, 0) is 4.79 Å². The lowest BCUT2D eigenvalue weighted by molar-refractivity contribution is -0.185. The number of benzene rings is 1. The van der Waals surface area contributed by atoms with E-state index in [9.17, 15) is 27.9 Å². The van der Waals surface area contributed by atoms with Gasteiger partial charge in [-0.3, -0.25) is 9.69 Å². The zero-order valence-electron chi connectivity index (χ0n) is 16.5. The quantitative estimate of drug-likeness (QED) is 0.838. The molecule has 9 heteroatoms. The Morgan fingerprint density at radius 1 is 1.11 bits per heavy atom. The minimum Gasteiger partial charge on any atom is -0.465 e. The average Bonchev–Trinajstić information content (AvgIpc) is 2.59. The first kappa shape index (κ1) is 21.8. The predicted molar refractivity (Wildman–Crippen MR) is 99.3 cm³/mol. The van der Waals surface area contributed by atoms with Gasteiger partial charge in [-0.15, -0.1) is 0 Å². The normalized spacial score (nSPS) is 16.7. The third-order valence-corrected chi connectivity index (χ3v) is 4.84. The van der Waals surface area contributed by atoms with Crippen LogP contribution in [0.25, 0.3) is 0 Å². The molecule has 0 saturated carbocycles. The third kappa shape index (κ3) is 4.88. The summed E-state index contributed by atoms with van der Waals surface area (Å²) in [6.07, 6.45) is -5.88. The van der Waals surface area contributed by atoms with Crippen LogP contribution in [0.4, 0.5) is 23.7 Å². The van der Waals surface area contributed by atoms with E-state index in [0.29, 0.717) is 0 Å². The molecule has 1 fully saturated rings. The maximum Gasteiger partial charge on any atom is 0.471 e. The Labute approximate surface area is 162 Å². The molecular formula is C19H26F3N3O3. The molecule has 0 aliphatic carbocycles. The Hall–Kier alpha value is -2.45. The molecule has 1 aromatic carbocycles. The number of hydrogen-bond acceptors (Lipinski definition) is 3. The van der Waals surface area contributed by atoms with Gasteiger partial charge in [-0.05, 0) is 45.4 Å². The lowest BCUT2D eigenvalue weighted by Crippen LogP contribution is -2.52. The SMILES string of the molecule is C[C@@H](c1cccc(N2CCN(C(=O)C(F)(F)F)CC2)c1)N(C(=O)O)C(C)(C)C. The van der Waals surface area contributed by atoms with Gasteiger partial charge in [-0.25, -0.2) is 4.79 Å². The maximum absolute atomic E-state index is 12.6. The number of carboxylic acid groups (broad SMARTS) is 1. The molecule has 1 atom stereocenters. The highest BCUT2D eigenvalue weighted by molar-refractivity contribution is 5.82. The van der Waals surface area contributed by atoms with Crippen LogP contribution in [0.5, 0.6) is 0 Å². The molecule has 1 heterocycles. The van der Waals surface area contributed by atoms with Crippen molar-refractivity contribution >= 4 is 17.7 Å². The third-order valence-electron chi connectivity index (χ3n) is 4.84. The standard InChI is InChI=1S/C19H26F3N3O3/c1-13(25(17(27)28)18(2,3)4)14-6-5-7-15(12-14)23-8-10-24(11-9-23)16(26)19(20,21)22/h5-7,12-13H,8-11H2,1-4H3,(H,27,28)/t13-/m0/s1. The summed E-state index contributed by atoms with van der Waals surface area (Å²) in [5.41, 5.74) is 0.997. The van der Waals surface area contributed by atoms with E-state index in [-0.39, 0.29) is 26.2 Å². The van der Waals surface area contributed by atoms with Crippen LogP contribution in [0.2, 0.25) is 0 Å². The zero-order valence-corrected chi connectivity index (χ0v) is 16.5. The summed E-state index contributed by atoms with van der Waals surface area (Å²) < 4.78 is 37.7. The fourth-order valence-corrected chi connectivity index (χ4v) is 3.51. The van der Waals surface area contributed by atoms with Gasteiger partial charge in [0.05, 0.1) is 6.04 Å². The van der Waals surface area contributed by atoms with Crippen LogP contribution in [0.3, 0.4) is 0 Å². The van der Waals surface area contributed by atoms with Crippen LogP contribution in [-0.4, -0.2) is 64.8 Å². The van der Waals surface area contributed by atoms with Crippen molar-refractivity contribution < 1.29 is 27.9 Å². The van der Waals surface area contributed by atoms with E-state index in [1.165, 1.54) is 4.90 Å². The first-order chi connectivity index (χ1) is 12.8. The molecule has 0 bridgehead atoms. The molecule has 6 nitrogen and oxygen atoms in total. The molecule has 0 spiro atoms. The van der Waals surface area contributed by atoms with Crippen LogP contribution < -0.4 is 4.90 Å². The van der Waals surface area contributed by atoms with Gasteiger partial charge < -0.3 is 14.9 Å². The fraction of sp³-hybridized carbons (Fsp3) is 0.579. The molecule has 2 rings (SSSR count). The summed E-state index contributed by atoms with van der Waals surface area (Å²) in [7, 11) is 0. The topological polar surface area (TPSA) is 64.1 Å². The molecule has 1 aliphatic rings. The van der Waals surface area contributed by atoms with E-state index in [2.05, 4.69) is 0 Å². The predicted octanol–water partition coefficient (Wildman–Crippen LogP) is 3.74. The Morgan fingerprint density at radius 3 is 2.14 bits per heavy atom. The molecule has 1 saturated heterocycles. The van der Waals surface area contributed by atoms with Crippen molar-refractivity contribution in [2.45, 2.75) is 45.5 Å². The number of nitrogens with zero attached hydrogens (tertiary/aromatic N) is 3. The van der Waals surface area contributed by atoms with Crippen LogP contribution in [0, 0.1) is 0 Å². The number of carbonyl (C=O) groups is 2. The van der Waals surface area contributed by atoms with E-state index in [1.54, 1.807) is 13.0 Å². The molecule has 1 aromatic rings. The number of hydrogen-bond donors (Lipinski definition) is 1. The number of halogens is 3. The van der Waals surface area contributed by atoms with E-state index in [0.717, 1.165) is 16.2 Å². The van der Waals surface area contributed by atoms with E-state index >= 15 is 0 Å². The molecule has 156 valence electrons. The first-order valence-corrected chi connectivity index (χ1v) is 9.05. The minimum absolute atomic E-state index is 0.0125. The van der Waals surface area contributed by atoms with Crippen molar-refractivity contribution in [1.29, 1.82) is 0 Å².